The van der Waals surface area contributed by atoms with E-state index in [1.54, 1.807) is 12.1 Å². The van der Waals surface area contributed by atoms with E-state index in [0.717, 1.165) is 22.9 Å². The Morgan fingerprint density at radius 2 is 1.81 bits per heavy atom. The molecule has 8 heteroatoms. The summed E-state index contributed by atoms with van der Waals surface area (Å²) in [5.74, 6) is -1.36. The van der Waals surface area contributed by atoms with Crippen molar-refractivity contribution in [2.45, 2.75) is 0 Å². The van der Waals surface area contributed by atoms with Crippen LogP contribution in [0.5, 0.6) is 0 Å². The van der Waals surface area contributed by atoms with Crippen molar-refractivity contribution in [1.82, 2.24) is 0 Å². The van der Waals surface area contributed by atoms with Crippen LogP contribution in [0, 0.1) is 10.1 Å². The number of fused-ring (bicyclic) bond motifs is 1. The zero-order chi connectivity index (χ0) is 19.4. The lowest BCUT2D eigenvalue weighted by Gasteiger charge is -2.09. The summed E-state index contributed by atoms with van der Waals surface area (Å²) in [5.41, 5.74) is 0.299. The topological polar surface area (TPSA) is 98.5 Å². The Morgan fingerprint density at radius 3 is 2.56 bits per heavy atom. The number of non-ortho nitro benzene ring substituents is 1. The highest BCUT2D eigenvalue weighted by Crippen LogP contribution is 2.24. The van der Waals surface area contributed by atoms with Crippen molar-refractivity contribution < 1.29 is 19.2 Å². The first-order chi connectivity index (χ1) is 13.0. The number of ether oxygens (including phenoxy) is 1. The minimum absolute atomic E-state index is 0.0553. The van der Waals surface area contributed by atoms with Crippen molar-refractivity contribution in [1.29, 1.82) is 0 Å². The van der Waals surface area contributed by atoms with Gasteiger partial charge in [-0.15, -0.1) is 0 Å². The molecule has 0 spiro atoms. The summed E-state index contributed by atoms with van der Waals surface area (Å²) in [6, 6.07) is 16.4. The van der Waals surface area contributed by atoms with Crippen molar-refractivity contribution in [3.63, 3.8) is 0 Å². The van der Waals surface area contributed by atoms with Gasteiger partial charge < -0.3 is 10.1 Å². The predicted octanol–water partition coefficient (Wildman–Crippen LogP) is 4.20. The van der Waals surface area contributed by atoms with Crippen LogP contribution in [-0.4, -0.2) is 23.4 Å². The van der Waals surface area contributed by atoms with Crippen molar-refractivity contribution in [3.8, 4) is 0 Å². The van der Waals surface area contributed by atoms with E-state index >= 15 is 0 Å². The average Bonchev–Trinajstić information content (AvgIpc) is 2.66. The fourth-order valence-corrected chi connectivity index (χ4v) is 2.76. The maximum absolute atomic E-state index is 12.1. The molecule has 0 saturated heterocycles. The van der Waals surface area contributed by atoms with Crippen molar-refractivity contribution in [2.75, 3.05) is 11.9 Å². The van der Waals surface area contributed by atoms with Crippen LogP contribution >= 0.6 is 11.6 Å². The molecule has 0 radical (unpaired) electrons. The summed E-state index contributed by atoms with van der Waals surface area (Å²) in [6.45, 7) is -0.518. The van der Waals surface area contributed by atoms with Gasteiger partial charge in [0.1, 0.15) is 0 Å². The van der Waals surface area contributed by atoms with Gasteiger partial charge >= 0.3 is 5.97 Å². The van der Waals surface area contributed by atoms with Crippen molar-refractivity contribution >= 4 is 45.6 Å². The molecule has 7 nitrogen and oxygen atoms in total. The molecule has 0 saturated carbocycles. The van der Waals surface area contributed by atoms with E-state index in [0.29, 0.717) is 5.69 Å². The largest absolute Gasteiger partial charge is 0.452 e. The molecule has 0 aliphatic heterocycles. The fraction of sp³-hybridized carbons (Fsp3) is 0.0526. The number of carbonyl (C=O) groups is 2. The number of rotatable bonds is 5. The number of nitro benzene ring substituents is 1. The van der Waals surface area contributed by atoms with Crippen molar-refractivity contribution in [3.05, 3.63) is 81.4 Å². The standard InChI is InChI=1S/C19H13ClN2O5/c20-16-10-13(22(25)26)8-9-15(16)19(24)27-11-18(23)21-17-7-3-5-12-4-1-2-6-14(12)17/h1-10H,11H2,(H,21,23). The highest BCUT2D eigenvalue weighted by atomic mass is 35.5. The van der Waals surface area contributed by atoms with Gasteiger partial charge in [-0.05, 0) is 17.5 Å². The minimum atomic E-state index is -0.844. The molecule has 0 heterocycles. The van der Waals surface area contributed by atoms with Gasteiger partial charge in [0.05, 0.1) is 15.5 Å². The summed E-state index contributed by atoms with van der Waals surface area (Å²) >= 11 is 5.87. The molecule has 0 aliphatic rings. The Labute approximate surface area is 158 Å². The quantitative estimate of drug-likeness (QED) is 0.404. The van der Waals surface area contributed by atoms with Crippen LogP contribution in [-0.2, 0) is 9.53 Å². The molecule has 27 heavy (non-hydrogen) atoms. The number of nitro groups is 1. The predicted molar refractivity (Wildman–Crippen MR) is 101 cm³/mol. The minimum Gasteiger partial charge on any atom is -0.452 e. The fourth-order valence-electron chi connectivity index (χ4n) is 2.51. The third-order valence-electron chi connectivity index (χ3n) is 3.78. The lowest BCUT2D eigenvalue weighted by Crippen LogP contribution is -2.21. The van der Waals surface area contributed by atoms with Gasteiger partial charge in [-0.2, -0.15) is 0 Å². The number of esters is 1. The number of nitrogens with zero attached hydrogens (tertiary/aromatic N) is 1. The number of halogens is 1. The Morgan fingerprint density at radius 1 is 1.07 bits per heavy atom. The molecule has 0 fully saturated rings. The number of amides is 1. The molecule has 3 aromatic carbocycles. The second-order valence-electron chi connectivity index (χ2n) is 5.57. The average molecular weight is 385 g/mol. The van der Waals surface area contributed by atoms with Crippen LogP contribution in [0.2, 0.25) is 5.02 Å². The number of benzene rings is 3. The van der Waals surface area contributed by atoms with Gasteiger partial charge in [-0.1, -0.05) is 48.0 Å². The van der Waals surface area contributed by atoms with Crippen LogP contribution in [0.3, 0.4) is 0 Å². The molecule has 1 amide bonds. The second-order valence-corrected chi connectivity index (χ2v) is 5.98. The molecule has 0 aliphatic carbocycles. The highest BCUT2D eigenvalue weighted by molar-refractivity contribution is 6.33. The Bertz CT molecular complexity index is 1050. The van der Waals surface area contributed by atoms with Gasteiger partial charge in [0.2, 0.25) is 0 Å². The molecule has 0 atom stereocenters. The van der Waals surface area contributed by atoms with E-state index in [1.165, 1.54) is 6.07 Å². The van der Waals surface area contributed by atoms with E-state index in [2.05, 4.69) is 5.32 Å². The summed E-state index contributed by atoms with van der Waals surface area (Å²) in [6.07, 6.45) is 0. The molecule has 136 valence electrons. The number of carbonyl (C=O) groups excluding carboxylic acids is 2. The Kier molecular flexibility index (Phi) is 5.33. The first-order valence-electron chi connectivity index (χ1n) is 7.84. The van der Waals surface area contributed by atoms with E-state index < -0.39 is 23.4 Å². The molecule has 1 N–H and O–H groups in total. The monoisotopic (exact) mass is 384 g/mol. The molecular weight excluding hydrogens is 372 g/mol. The molecular formula is C19H13ClN2O5. The van der Waals surface area contributed by atoms with Crippen LogP contribution in [0.25, 0.3) is 10.8 Å². The van der Waals surface area contributed by atoms with Crippen LogP contribution in [0.1, 0.15) is 10.4 Å². The highest BCUT2D eigenvalue weighted by Gasteiger charge is 2.17. The summed E-state index contributed by atoms with van der Waals surface area (Å²) in [4.78, 5) is 34.2. The third kappa shape index (κ3) is 4.21. The Balaban J connectivity index is 1.65. The van der Waals surface area contributed by atoms with Gasteiger partial charge in [0, 0.05) is 23.2 Å². The lowest BCUT2D eigenvalue weighted by atomic mass is 10.1. The first-order valence-corrected chi connectivity index (χ1v) is 8.22. The first kappa shape index (κ1) is 18.3. The number of hydrogen-bond donors (Lipinski definition) is 1. The van der Waals surface area contributed by atoms with Crippen LogP contribution in [0.15, 0.2) is 60.7 Å². The molecule has 3 aromatic rings. The number of nitrogens with one attached hydrogen (secondary N) is 1. The summed E-state index contributed by atoms with van der Waals surface area (Å²) < 4.78 is 4.95. The zero-order valence-electron chi connectivity index (χ0n) is 13.8. The van der Waals surface area contributed by atoms with E-state index in [-0.39, 0.29) is 16.3 Å². The van der Waals surface area contributed by atoms with Gasteiger partial charge in [-0.25, -0.2) is 4.79 Å². The number of hydrogen-bond acceptors (Lipinski definition) is 5. The van der Waals surface area contributed by atoms with Gasteiger partial charge in [0.15, 0.2) is 6.61 Å². The van der Waals surface area contributed by atoms with E-state index in [9.17, 15) is 19.7 Å². The Hall–Kier alpha value is -3.45. The van der Waals surface area contributed by atoms with E-state index in [1.807, 2.05) is 30.3 Å². The SMILES string of the molecule is O=C(COC(=O)c1ccc([N+](=O)[O-])cc1Cl)Nc1cccc2ccccc12. The second kappa shape index (κ2) is 7.84. The normalized spacial score (nSPS) is 10.4. The maximum atomic E-state index is 12.1. The smallest absolute Gasteiger partial charge is 0.340 e. The van der Waals surface area contributed by atoms with Crippen LogP contribution in [0.4, 0.5) is 11.4 Å². The molecule has 0 aromatic heterocycles. The van der Waals surface area contributed by atoms with E-state index in [4.69, 9.17) is 16.3 Å². The lowest BCUT2D eigenvalue weighted by molar-refractivity contribution is -0.384. The van der Waals surface area contributed by atoms with Crippen LogP contribution < -0.4 is 5.32 Å². The summed E-state index contributed by atoms with van der Waals surface area (Å²) in [5, 5.41) is 15.1. The molecule has 3 rings (SSSR count). The van der Waals surface area contributed by atoms with Crippen molar-refractivity contribution in [2.24, 2.45) is 0 Å². The summed E-state index contributed by atoms with van der Waals surface area (Å²) in [7, 11) is 0. The third-order valence-corrected chi connectivity index (χ3v) is 4.09. The number of anilines is 1. The molecule has 0 bridgehead atoms. The zero-order valence-corrected chi connectivity index (χ0v) is 14.6. The maximum Gasteiger partial charge on any atom is 0.340 e. The van der Waals surface area contributed by atoms with Gasteiger partial charge in [0.25, 0.3) is 11.6 Å². The molecule has 0 unspecified atom stereocenters. The van der Waals surface area contributed by atoms with Gasteiger partial charge in [-0.3, -0.25) is 14.9 Å².